The van der Waals surface area contributed by atoms with E-state index in [1.165, 1.54) is 23.3 Å². The first-order valence-corrected chi connectivity index (χ1v) is 6.19. The maximum Gasteiger partial charge on any atom is 0.123 e. The zero-order valence-electron chi connectivity index (χ0n) is 10.6. The monoisotopic (exact) mass is 243 g/mol. The zero-order chi connectivity index (χ0) is 13.0. The van der Waals surface area contributed by atoms with E-state index in [0.717, 1.165) is 18.4 Å². The minimum Gasteiger partial charge on any atom is -0.327 e. The number of benzene rings is 2. The summed E-state index contributed by atoms with van der Waals surface area (Å²) in [5.74, 6) is -0.203. The van der Waals surface area contributed by atoms with Gasteiger partial charge in [0.15, 0.2) is 0 Å². The highest BCUT2D eigenvalue weighted by atomic mass is 19.1. The van der Waals surface area contributed by atoms with Crippen LogP contribution in [0.4, 0.5) is 4.39 Å². The zero-order valence-corrected chi connectivity index (χ0v) is 10.6. The number of hydrogen-bond donors (Lipinski definition) is 1. The van der Waals surface area contributed by atoms with Crippen molar-refractivity contribution in [3.8, 4) is 0 Å². The van der Waals surface area contributed by atoms with Gasteiger partial charge in [-0.1, -0.05) is 42.0 Å². The van der Waals surface area contributed by atoms with Gasteiger partial charge < -0.3 is 5.73 Å². The molecule has 0 saturated carbocycles. The standard InChI is InChI=1S/C16H18FN/c1-12-3-2-4-14(9-12)11-16(18)10-13-5-7-15(17)8-6-13/h2-9,16H,10-11,18H2,1H3. The van der Waals surface area contributed by atoms with Crippen LogP contribution in [-0.2, 0) is 12.8 Å². The second kappa shape index (κ2) is 5.78. The fourth-order valence-electron chi connectivity index (χ4n) is 2.14. The van der Waals surface area contributed by atoms with E-state index in [1.54, 1.807) is 12.1 Å². The first-order valence-electron chi connectivity index (χ1n) is 6.19. The van der Waals surface area contributed by atoms with Crippen molar-refractivity contribution in [2.45, 2.75) is 25.8 Å². The minimum absolute atomic E-state index is 0.0669. The second-order valence-electron chi connectivity index (χ2n) is 4.78. The Labute approximate surface area is 107 Å². The van der Waals surface area contributed by atoms with Gasteiger partial charge in [-0.15, -0.1) is 0 Å². The van der Waals surface area contributed by atoms with Gasteiger partial charge in [0.1, 0.15) is 5.82 Å². The summed E-state index contributed by atoms with van der Waals surface area (Å²) in [7, 11) is 0. The lowest BCUT2D eigenvalue weighted by atomic mass is 9.99. The number of halogens is 1. The average Bonchev–Trinajstić information content (AvgIpc) is 2.32. The highest BCUT2D eigenvalue weighted by Crippen LogP contribution is 2.10. The molecule has 0 aliphatic carbocycles. The Balaban J connectivity index is 1.96. The quantitative estimate of drug-likeness (QED) is 0.876. The number of nitrogens with two attached hydrogens (primary N) is 1. The summed E-state index contributed by atoms with van der Waals surface area (Å²) in [6.07, 6.45) is 1.62. The normalized spacial score (nSPS) is 12.4. The van der Waals surface area contributed by atoms with Crippen LogP contribution in [0.5, 0.6) is 0 Å². The SMILES string of the molecule is Cc1cccc(CC(N)Cc2ccc(F)cc2)c1. The fourth-order valence-corrected chi connectivity index (χ4v) is 2.14. The molecule has 0 spiro atoms. The van der Waals surface area contributed by atoms with Crippen LogP contribution in [0.15, 0.2) is 48.5 Å². The van der Waals surface area contributed by atoms with Gasteiger partial charge >= 0.3 is 0 Å². The van der Waals surface area contributed by atoms with Crippen LogP contribution in [0.1, 0.15) is 16.7 Å². The third-order valence-corrected chi connectivity index (χ3v) is 2.99. The van der Waals surface area contributed by atoms with E-state index in [0.29, 0.717) is 0 Å². The summed E-state index contributed by atoms with van der Waals surface area (Å²) in [5.41, 5.74) is 9.72. The van der Waals surface area contributed by atoms with Crippen molar-refractivity contribution in [3.05, 3.63) is 71.0 Å². The average molecular weight is 243 g/mol. The summed E-state index contributed by atoms with van der Waals surface area (Å²) >= 11 is 0. The van der Waals surface area contributed by atoms with Gasteiger partial charge in [-0.25, -0.2) is 4.39 Å². The van der Waals surface area contributed by atoms with Crippen molar-refractivity contribution in [1.29, 1.82) is 0 Å². The second-order valence-corrected chi connectivity index (χ2v) is 4.78. The van der Waals surface area contributed by atoms with Crippen molar-refractivity contribution in [2.75, 3.05) is 0 Å². The molecular formula is C16H18FN. The van der Waals surface area contributed by atoms with Crippen LogP contribution < -0.4 is 5.73 Å². The van der Waals surface area contributed by atoms with Crippen LogP contribution in [0.25, 0.3) is 0 Å². The van der Waals surface area contributed by atoms with E-state index in [2.05, 4.69) is 31.2 Å². The van der Waals surface area contributed by atoms with Gasteiger partial charge in [0, 0.05) is 6.04 Å². The molecule has 1 nitrogen and oxygen atoms in total. The minimum atomic E-state index is -0.203. The maximum atomic E-state index is 12.8. The Morgan fingerprint density at radius 3 is 2.33 bits per heavy atom. The van der Waals surface area contributed by atoms with Crippen LogP contribution in [0.2, 0.25) is 0 Å². The Hall–Kier alpha value is -1.67. The van der Waals surface area contributed by atoms with Gasteiger partial charge in [-0.3, -0.25) is 0 Å². The molecule has 0 radical (unpaired) electrons. The molecule has 1 unspecified atom stereocenters. The number of hydrogen-bond acceptors (Lipinski definition) is 1. The van der Waals surface area contributed by atoms with Gasteiger partial charge in [0.25, 0.3) is 0 Å². The molecule has 0 fully saturated rings. The molecule has 0 heterocycles. The molecular weight excluding hydrogens is 225 g/mol. The van der Waals surface area contributed by atoms with Crippen molar-refractivity contribution in [2.24, 2.45) is 5.73 Å². The molecule has 2 heteroatoms. The highest BCUT2D eigenvalue weighted by Gasteiger charge is 2.06. The predicted octanol–water partition coefficient (Wildman–Crippen LogP) is 3.25. The molecule has 2 rings (SSSR count). The molecule has 94 valence electrons. The lowest BCUT2D eigenvalue weighted by molar-refractivity contribution is 0.623. The number of aryl methyl sites for hydroxylation is 1. The maximum absolute atomic E-state index is 12.8. The number of rotatable bonds is 4. The van der Waals surface area contributed by atoms with Crippen molar-refractivity contribution in [1.82, 2.24) is 0 Å². The first kappa shape index (κ1) is 12.8. The van der Waals surface area contributed by atoms with E-state index in [-0.39, 0.29) is 11.9 Å². The smallest absolute Gasteiger partial charge is 0.123 e. The molecule has 0 aliphatic rings. The molecule has 2 aromatic carbocycles. The van der Waals surface area contributed by atoms with Gasteiger partial charge in [0.2, 0.25) is 0 Å². The van der Waals surface area contributed by atoms with E-state index < -0.39 is 0 Å². The highest BCUT2D eigenvalue weighted by molar-refractivity contribution is 5.24. The topological polar surface area (TPSA) is 26.0 Å². The van der Waals surface area contributed by atoms with Crippen molar-refractivity contribution >= 4 is 0 Å². The van der Waals surface area contributed by atoms with E-state index in [1.807, 2.05) is 0 Å². The molecule has 0 saturated heterocycles. The van der Waals surface area contributed by atoms with E-state index >= 15 is 0 Å². The van der Waals surface area contributed by atoms with Crippen molar-refractivity contribution in [3.63, 3.8) is 0 Å². The van der Waals surface area contributed by atoms with Crippen LogP contribution in [0.3, 0.4) is 0 Å². The lowest BCUT2D eigenvalue weighted by Gasteiger charge is -2.12. The summed E-state index contributed by atoms with van der Waals surface area (Å²) in [6.45, 7) is 2.08. The molecule has 2 aromatic rings. The first-order chi connectivity index (χ1) is 8.63. The van der Waals surface area contributed by atoms with Crippen molar-refractivity contribution < 1.29 is 4.39 Å². The van der Waals surface area contributed by atoms with Crippen LogP contribution >= 0.6 is 0 Å². The Bertz CT molecular complexity index is 505. The summed E-state index contributed by atoms with van der Waals surface area (Å²) in [6, 6.07) is 15.0. The lowest BCUT2D eigenvalue weighted by Crippen LogP contribution is -2.25. The summed E-state index contributed by atoms with van der Waals surface area (Å²) in [5, 5.41) is 0. The third kappa shape index (κ3) is 3.67. The molecule has 18 heavy (non-hydrogen) atoms. The van der Waals surface area contributed by atoms with Crippen LogP contribution in [0, 0.1) is 12.7 Å². The third-order valence-electron chi connectivity index (χ3n) is 2.99. The predicted molar refractivity (Wildman–Crippen MR) is 73.0 cm³/mol. The molecule has 0 aliphatic heterocycles. The van der Waals surface area contributed by atoms with Crippen LogP contribution in [-0.4, -0.2) is 6.04 Å². The molecule has 1 atom stereocenters. The van der Waals surface area contributed by atoms with Gasteiger partial charge in [-0.2, -0.15) is 0 Å². The Morgan fingerprint density at radius 1 is 1.00 bits per heavy atom. The van der Waals surface area contributed by atoms with Gasteiger partial charge in [-0.05, 0) is 43.0 Å². The molecule has 2 N–H and O–H groups in total. The van der Waals surface area contributed by atoms with E-state index in [4.69, 9.17) is 5.73 Å². The Morgan fingerprint density at radius 2 is 1.67 bits per heavy atom. The molecule has 0 amide bonds. The fraction of sp³-hybridized carbons (Fsp3) is 0.250. The van der Waals surface area contributed by atoms with E-state index in [9.17, 15) is 4.39 Å². The molecule has 0 bridgehead atoms. The Kier molecular flexibility index (Phi) is 4.11. The summed E-state index contributed by atoms with van der Waals surface area (Å²) in [4.78, 5) is 0. The van der Waals surface area contributed by atoms with Gasteiger partial charge in [0.05, 0.1) is 0 Å². The summed E-state index contributed by atoms with van der Waals surface area (Å²) < 4.78 is 12.8. The molecule has 0 aromatic heterocycles. The largest absolute Gasteiger partial charge is 0.327 e.